The summed E-state index contributed by atoms with van der Waals surface area (Å²) in [6, 6.07) is 16.1. The Morgan fingerprint density at radius 3 is 2.65 bits per heavy atom. The molecule has 1 aliphatic heterocycles. The molecule has 4 nitrogen and oxygen atoms in total. The molecule has 0 spiro atoms. The van der Waals surface area contributed by atoms with Gasteiger partial charge in [0.2, 0.25) is 0 Å². The number of fused-ring (bicyclic) bond motifs is 1. The van der Waals surface area contributed by atoms with Crippen LogP contribution >= 0.6 is 0 Å². The van der Waals surface area contributed by atoms with Crippen molar-refractivity contribution in [3.63, 3.8) is 0 Å². The van der Waals surface area contributed by atoms with E-state index in [1.807, 2.05) is 48.2 Å². The number of hydrogen-bond acceptors (Lipinski definition) is 3. The van der Waals surface area contributed by atoms with Gasteiger partial charge in [0, 0.05) is 19.2 Å². The summed E-state index contributed by atoms with van der Waals surface area (Å²) in [5, 5.41) is 4.42. The maximum absolute atomic E-state index is 12.1. The lowest BCUT2D eigenvalue weighted by atomic mass is 10.0. The number of carbonyl (C=O) groups is 1. The quantitative estimate of drug-likeness (QED) is 0.533. The van der Waals surface area contributed by atoms with E-state index in [4.69, 9.17) is 0 Å². The third-order valence-electron chi connectivity index (χ3n) is 4.11. The third-order valence-corrected chi connectivity index (χ3v) is 4.11. The zero-order chi connectivity index (χ0) is 16.2. The van der Waals surface area contributed by atoms with E-state index in [1.165, 1.54) is 5.56 Å². The van der Waals surface area contributed by atoms with E-state index in [1.54, 1.807) is 6.92 Å². The van der Waals surface area contributed by atoms with Gasteiger partial charge in [0.05, 0.1) is 5.69 Å². The number of rotatable bonds is 3. The standard InChI is InChI=1S/C19H21N3O/c1-14-8-3-5-11-17(14)20-21-19(15(2)23)22-13-7-10-16-9-4-6-12-18(16)22/h3-6,8-9,11-12,20H,7,10,13H2,1-2H3. The molecule has 0 aliphatic carbocycles. The van der Waals surface area contributed by atoms with Gasteiger partial charge in [-0.15, -0.1) is 0 Å². The first kappa shape index (κ1) is 15.3. The molecule has 0 amide bonds. The third kappa shape index (κ3) is 3.26. The fraction of sp³-hybridized carbons (Fsp3) is 0.263. The first-order valence-corrected chi connectivity index (χ1v) is 7.92. The number of amidine groups is 1. The Morgan fingerprint density at radius 1 is 1.13 bits per heavy atom. The van der Waals surface area contributed by atoms with Gasteiger partial charge in [0.25, 0.3) is 0 Å². The summed E-state index contributed by atoms with van der Waals surface area (Å²) >= 11 is 0. The number of carbonyl (C=O) groups excluding carboxylic acids is 1. The fourth-order valence-electron chi connectivity index (χ4n) is 2.89. The largest absolute Gasteiger partial charge is 0.322 e. The number of para-hydroxylation sites is 2. The van der Waals surface area contributed by atoms with E-state index in [-0.39, 0.29) is 5.78 Å². The zero-order valence-corrected chi connectivity index (χ0v) is 13.5. The second-order valence-electron chi connectivity index (χ2n) is 5.80. The van der Waals surface area contributed by atoms with E-state index in [0.29, 0.717) is 5.84 Å². The number of ketones is 1. The molecule has 0 bridgehead atoms. The van der Waals surface area contributed by atoms with Gasteiger partial charge < -0.3 is 4.90 Å². The monoisotopic (exact) mass is 307 g/mol. The molecule has 0 atom stereocenters. The molecule has 2 aromatic carbocycles. The van der Waals surface area contributed by atoms with Crippen LogP contribution in [-0.4, -0.2) is 18.2 Å². The summed E-state index contributed by atoms with van der Waals surface area (Å²) < 4.78 is 0. The Morgan fingerprint density at radius 2 is 1.87 bits per heavy atom. The average Bonchev–Trinajstić information content (AvgIpc) is 2.56. The molecule has 0 saturated carbocycles. The lowest BCUT2D eigenvalue weighted by molar-refractivity contribution is -0.111. The van der Waals surface area contributed by atoms with Crippen molar-refractivity contribution in [3.05, 3.63) is 59.7 Å². The van der Waals surface area contributed by atoms with Crippen molar-refractivity contribution in [1.82, 2.24) is 0 Å². The minimum atomic E-state index is -0.0391. The van der Waals surface area contributed by atoms with Gasteiger partial charge in [0.15, 0.2) is 11.6 Å². The highest BCUT2D eigenvalue weighted by molar-refractivity contribution is 6.43. The predicted molar refractivity (Wildman–Crippen MR) is 95.0 cm³/mol. The summed E-state index contributed by atoms with van der Waals surface area (Å²) in [6.45, 7) is 4.39. The highest BCUT2D eigenvalue weighted by Gasteiger charge is 2.23. The van der Waals surface area contributed by atoms with Crippen molar-refractivity contribution in [2.45, 2.75) is 26.7 Å². The minimum absolute atomic E-state index is 0.0391. The molecule has 0 unspecified atom stereocenters. The molecular weight excluding hydrogens is 286 g/mol. The van der Waals surface area contributed by atoms with Crippen molar-refractivity contribution in [1.29, 1.82) is 0 Å². The first-order chi connectivity index (χ1) is 11.2. The summed E-state index contributed by atoms with van der Waals surface area (Å²) in [5.74, 6) is 0.420. The molecule has 3 rings (SSSR count). The Hall–Kier alpha value is -2.62. The molecule has 118 valence electrons. The minimum Gasteiger partial charge on any atom is -0.322 e. The lowest BCUT2D eigenvalue weighted by Crippen LogP contribution is -2.40. The summed E-state index contributed by atoms with van der Waals surface area (Å²) in [6.07, 6.45) is 2.07. The molecule has 0 radical (unpaired) electrons. The number of nitrogens with one attached hydrogen (secondary N) is 1. The summed E-state index contributed by atoms with van der Waals surface area (Å²) in [5.41, 5.74) is 7.41. The van der Waals surface area contributed by atoms with Gasteiger partial charge in [-0.3, -0.25) is 10.2 Å². The van der Waals surface area contributed by atoms with Crippen LogP contribution < -0.4 is 10.3 Å². The van der Waals surface area contributed by atoms with E-state index in [0.717, 1.165) is 36.3 Å². The van der Waals surface area contributed by atoms with Gasteiger partial charge in [-0.1, -0.05) is 36.4 Å². The van der Waals surface area contributed by atoms with Crippen molar-refractivity contribution < 1.29 is 4.79 Å². The fourth-order valence-corrected chi connectivity index (χ4v) is 2.89. The summed E-state index contributed by atoms with van der Waals surface area (Å²) in [7, 11) is 0. The molecule has 0 fully saturated rings. The Kier molecular flexibility index (Phi) is 4.42. The Labute approximate surface area is 136 Å². The van der Waals surface area contributed by atoms with Crippen LogP contribution in [0, 0.1) is 6.92 Å². The number of Topliss-reactive ketones (excluding diaryl/α,β-unsaturated/α-hetero) is 1. The second kappa shape index (κ2) is 6.65. The first-order valence-electron chi connectivity index (χ1n) is 7.92. The SMILES string of the molecule is CC(=O)C(=NNc1ccccc1C)N1CCCc2ccccc21. The van der Waals surface area contributed by atoms with Gasteiger partial charge in [0.1, 0.15) is 0 Å². The Balaban J connectivity index is 1.93. The molecule has 0 saturated heterocycles. The lowest BCUT2D eigenvalue weighted by Gasteiger charge is -2.31. The molecule has 1 aliphatic rings. The zero-order valence-electron chi connectivity index (χ0n) is 13.5. The van der Waals surface area contributed by atoms with Crippen LogP contribution in [-0.2, 0) is 11.2 Å². The molecular formula is C19H21N3O. The van der Waals surface area contributed by atoms with Gasteiger partial charge >= 0.3 is 0 Å². The topological polar surface area (TPSA) is 44.7 Å². The number of hydrogen-bond donors (Lipinski definition) is 1. The van der Waals surface area contributed by atoms with Gasteiger partial charge in [-0.2, -0.15) is 5.10 Å². The smallest absolute Gasteiger partial charge is 0.197 e. The van der Waals surface area contributed by atoms with Crippen molar-refractivity contribution in [2.75, 3.05) is 16.9 Å². The Bertz CT molecular complexity index is 752. The van der Waals surface area contributed by atoms with Crippen LogP contribution in [0.15, 0.2) is 53.6 Å². The van der Waals surface area contributed by atoms with Gasteiger partial charge in [-0.25, -0.2) is 0 Å². The number of anilines is 2. The van der Waals surface area contributed by atoms with Crippen LogP contribution in [0.5, 0.6) is 0 Å². The highest BCUT2D eigenvalue weighted by atomic mass is 16.1. The predicted octanol–water partition coefficient (Wildman–Crippen LogP) is 3.76. The van der Waals surface area contributed by atoms with Crippen molar-refractivity contribution in [3.8, 4) is 0 Å². The van der Waals surface area contributed by atoms with Crippen LogP contribution in [0.2, 0.25) is 0 Å². The molecule has 1 N–H and O–H groups in total. The second-order valence-corrected chi connectivity index (χ2v) is 5.80. The molecule has 2 aromatic rings. The van der Waals surface area contributed by atoms with Crippen molar-refractivity contribution in [2.24, 2.45) is 5.10 Å². The van der Waals surface area contributed by atoms with E-state index in [2.05, 4.69) is 22.7 Å². The molecule has 23 heavy (non-hydrogen) atoms. The maximum Gasteiger partial charge on any atom is 0.197 e. The number of aryl methyl sites for hydroxylation is 2. The van der Waals surface area contributed by atoms with E-state index >= 15 is 0 Å². The summed E-state index contributed by atoms with van der Waals surface area (Å²) in [4.78, 5) is 14.2. The van der Waals surface area contributed by atoms with E-state index < -0.39 is 0 Å². The highest BCUT2D eigenvalue weighted by Crippen LogP contribution is 2.27. The van der Waals surface area contributed by atoms with Crippen molar-refractivity contribution >= 4 is 23.0 Å². The van der Waals surface area contributed by atoms with Crippen LogP contribution in [0.25, 0.3) is 0 Å². The molecule has 4 heteroatoms. The number of benzene rings is 2. The normalized spacial score (nSPS) is 14.3. The van der Waals surface area contributed by atoms with E-state index in [9.17, 15) is 4.79 Å². The van der Waals surface area contributed by atoms with Crippen LogP contribution in [0.3, 0.4) is 0 Å². The molecule has 0 aromatic heterocycles. The average molecular weight is 307 g/mol. The maximum atomic E-state index is 12.1. The molecule has 1 heterocycles. The van der Waals surface area contributed by atoms with Crippen LogP contribution in [0.4, 0.5) is 11.4 Å². The van der Waals surface area contributed by atoms with Gasteiger partial charge in [-0.05, 0) is 43.0 Å². The number of nitrogens with zero attached hydrogens (tertiary/aromatic N) is 2. The van der Waals surface area contributed by atoms with Crippen LogP contribution in [0.1, 0.15) is 24.5 Å². The number of hydrazone groups is 1.